The van der Waals surface area contributed by atoms with E-state index in [1.165, 1.54) is 109 Å². The van der Waals surface area contributed by atoms with Crippen LogP contribution in [0.5, 0.6) is 0 Å². The Morgan fingerprint density at radius 1 is 0.545 bits per heavy atom. The molecule has 0 rings (SSSR count). The van der Waals surface area contributed by atoms with Crippen molar-refractivity contribution in [3.8, 4) is 0 Å². The van der Waals surface area contributed by atoms with E-state index < -0.39 is 30.6 Å². The second-order valence-corrected chi connectivity index (χ2v) is 12.7. The summed E-state index contributed by atoms with van der Waals surface area (Å²) in [4.78, 5) is 36.7. The van der Waals surface area contributed by atoms with Gasteiger partial charge in [0.15, 0.2) is 0 Å². The van der Waals surface area contributed by atoms with Gasteiger partial charge in [0, 0.05) is 6.42 Å². The summed E-state index contributed by atoms with van der Waals surface area (Å²) < 4.78 is 0. The average molecular weight is 623 g/mol. The van der Waals surface area contributed by atoms with Crippen LogP contribution < -0.4 is 10.6 Å². The summed E-state index contributed by atoms with van der Waals surface area (Å²) in [6.45, 7) is 3.81. The van der Waals surface area contributed by atoms with Gasteiger partial charge in [-0.2, -0.15) is 0 Å². The number of amides is 2. The van der Waals surface area contributed by atoms with Gasteiger partial charge in [-0.3, -0.25) is 9.59 Å². The molecule has 0 fully saturated rings. The number of rotatable bonds is 33. The first-order chi connectivity index (χ1) is 21.5. The van der Waals surface area contributed by atoms with Crippen molar-refractivity contribution in [1.29, 1.82) is 0 Å². The second kappa shape index (κ2) is 32.5. The number of carbonyl (C=O) groups excluding carboxylic acids is 2. The van der Waals surface area contributed by atoms with Crippen molar-refractivity contribution in [2.24, 2.45) is 0 Å². The van der Waals surface area contributed by atoms with Gasteiger partial charge in [0.1, 0.15) is 12.1 Å². The number of allylic oxidation sites excluding steroid dienone is 2. The summed E-state index contributed by atoms with van der Waals surface area (Å²) >= 11 is 0. The third-order valence-electron chi connectivity index (χ3n) is 8.46. The van der Waals surface area contributed by atoms with Crippen LogP contribution in [-0.2, 0) is 14.4 Å². The molecule has 0 heterocycles. The Morgan fingerprint density at radius 3 is 1.39 bits per heavy atom. The summed E-state index contributed by atoms with van der Waals surface area (Å²) in [5, 5.41) is 23.7. The molecule has 44 heavy (non-hydrogen) atoms. The molecule has 1 unspecified atom stereocenters. The lowest BCUT2D eigenvalue weighted by Gasteiger charge is -2.21. The van der Waals surface area contributed by atoms with Crippen molar-refractivity contribution >= 4 is 17.8 Å². The summed E-state index contributed by atoms with van der Waals surface area (Å²) in [5.41, 5.74) is 0. The molecule has 0 saturated carbocycles. The van der Waals surface area contributed by atoms with Gasteiger partial charge in [0.2, 0.25) is 11.8 Å². The van der Waals surface area contributed by atoms with E-state index in [0.717, 1.165) is 51.4 Å². The Kier molecular flexibility index (Phi) is 31.1. The van der Waals surface area contributed by atoms with Crippen LogP contribution in [0.15, 0.2) is 12.2 Å². The first-order valence-corrected chi connectivity index (χ1v) is 18.5. The Labute approximate surface area is 270 Å². The van der Waals surface area contributed by atoms with E-state index in [1.807, 2.05) is 0 Å². The van der Waals surface area contributed by atoms with Crippen molar-refractivity contribution < 1.29 is 24.6 Å². The van der Waals surface area contributed by atoms with Crippen molar-refractivity contribution in [2.45, 2.75) is 199 Å². The largest absolute Gasteiger partial charge is 0.480 e. The van der Waals surface area contributed by atoms with Gasteiger partial charge in [-0.1, -0.05) is 154 Å². The number of carboxylic acid groups (broad SMARTS) is 1. The lowest BCUT2D eigenvalue weighted by Crippen LogP contribution is -2.52. The highest BCUT2D eigenvalue weighted by Crippen LogP contribution is 2.14. The molecule has 2 amide bonds. The van der Waals surface area contributed by atoms with E-state index in [4.69, 9.17) is 0 Å². The van der Waals surface area contributed by atoms with Gasteiger partial charge in [-0.05, 0) is 38.5 Å². The molecule has 0 aliphatic heterocycles. The zero-order chi connectivity index (χ0) is 32.5. The quantitative estimate of drug-likeness (QED) is 0.0430. The van der Waals surface area contributed by atoms with Gasteiger partial charge < -0.3 is 20.8 Å². The Morgan fingerprint density at radius 2 is 0.955 bits per heavy atom. The number of aliphatic hydroxyl groups excluding tert-OH is 1. The van der Waals surface area contributed by atoms with Crippen molar-refractivity contribution in [2.75, 3.05) is 6.61 Å². The number of aliphatic carboxylic acids is 1. The smallest absolute Gasteiger partial charge is 0.328 e. The van der Waals surface area contributed by atoms with E-state index in [1.54, 1.807) is 0 Å². The summed E-state index contributed by atoms with van der Waals surface area (Å²) in [7, 11) is 0. The lowest BCUT2D eigenvalue weighted by atomic mass is 10.0. The first kappa shape index (κ1) is 42.1. The molecule has 0 aromatic rings. The van der Waals surface area contributed by atoms with Gasteiger partial charge >= 0.3 is 5.97 Å². The third kappa shape index (κ3) is 27.6. The fraction of sp³-hybridized carbons (Fsp3) is 0.865. The Balaban J connectivity index is 4.18. The average Bonchev–Trinajstić information content (AvgIpc) is 3.01. The molecule has 4 N–H and O–H groups in total. The van der Waals surface area contributed by atoms with Gasteiger partial charge in [-0.15, -0.1) is 0 Å². The van der Waals surface area contributed by atoms with Crippen LogP contribution in [0.25, 0.3) is 0 Å². The zero-order valence-electron chi connectivity index (χ0n) is 28.7. The zero-order valence-corrected chi connectivity index (χ0v) is 28.7. The number of carboxylic acids is 1. The molecule has 0 aliphatic carbocycles. The molecule has 0 aliphatic rings. The van der Waals surface area contributed by atoms with Crippen molar-refractivity contribution in [1.82, 2.24) is 10.6 Å². The molecule has 7 heteroatoms. The predicted octanol–water partition coefficient (Wildman–Crippen LogP) is 9.16. The van der Waals surface area contributed by atoms with E-state index in [2.05, 4.69) is 36.6 Å². The molecular weight excluding hydrogens is 552 g/mol. The maximum atomic E-state index is 12.8. The number of aliphatic hydroxyl groups is 1. The number of hydrogen-bond acceptors (Lipinski definition) is 4. The summed E-state index contributed by atoms with van der Waals surface area (Å²) in [5.74, 6) is -1.99. The highest BCUT2D eigenvalue weighted by atomic mass is 16.4. The fourth-order valence-corrected chi connectivity index (χ4v) is 5.54. The monoisotopic (exact) mass is 623 g/mol. The minimum absolute atomic E-state index is 0.169. The molecule has 7 nitrogen and oxygen atoms in total. The van der Waals surface area contributed by atoms with Crippen LogP contribution in [0.3, 0.4) is 0 Å². The lowest BCUT2D eigenvalue weighted by molar-refractivity contribution is -0.143. The van der Waals surface area contributed by atoms with Gasteiger partial charge in [0.05, 0.1) is 6.61 Å². The number of unbranched alkanes of at least 4 members (excludes halogenated alkanes) is 22. The standard InChI is InChI=1S/C37H70N2O5/c1-3-5-7-9-11-13-15-17-18-19-21-23-25-27-29-31-35(41)38-33(36(42)39-34(32-40)37(43)44)30-28-26-24-22-20-16-14-12-10-8-6-4-2/h17-18,33-34,40H,3-16,19-32H2,1-2H3,(H,38,41)(H,39,42)(H,43,44)/b18-17-/t33?,34-/m0/s1. The Hall–Kier alpha value is -1.89. The van der Waals surface area contributed by atoms with Gasteiger partial charge in [-0.25, -0.2) is 4.79 Å². The van der Waals surface area contributed by atoms with Gasteiger partial charge in [0.25, 0.3) is 0 Å². The predicted molar refractivity (Wildman–Crippen MR) is 184 cm³/mol. The minimum atomic E-state index is -1.37. The fourth-order valence-electron chi connectivity index (χ4n) is 5.54. The topological polar surface area (TPSA) is 116 Å². The number of hydrogen-bond donors (Lipinski definition) is 4. The number of nitrogens with one attached hydrogen (secondary N) is 2. The van der Waals surface area contributed by atoms with Crippen LogP contribution >= 0.6 is 0 Å². The third-order valence-corrected chi connectivity index (χ3v) is 8.46. The number of carbonyl (C=O) groups is 3. The molecule has 0 aromatic carbocycles. The minimum Gasteiger partial charge on any atom is -0.480 e. The van der Waals surface area contributed by atoms with Crippen LogP contribution in [0.2, 0.25) is 0 Å². The first-order valence-electron chi connectivity index (χ1n) is 18.5. The molecule has 0 bridgehead atoms. The van der Waals surface area contributed by atoms with Crippen LogP contribution in [-0.4, -0.2) is 46.7 Å². The summed E-state index contributed by atoms with van der Waals surface area (Å²) in [6.07, 6.45) is 35.5. The molecule has 0 saturated heterocycles. The van der Waals surface area contributed by atoms with Crippen molar-refractivity contribution in [3.63, 3.8) is 0 Å². The summed E-state index contributed by atoms with van der Waals surface area (Å²) in [6, 6.07) is -2.14. The highest BCUT2D eigenvalue weighted by molar-refractivity contribution is 5.90. The molecule has 0 radical (unpaired) electrons. The maximum absolute atomic E-state index is 12.8. The molecule has 0 aromatic heterocycles. The SMILES string of the molecule is CCCCCCCC/C=C\CCCCCCCC(=O)NC(CCCCCCCCCCCCCC)C(=O)N[C@@H](CO)C(=O)O. The van der Waals surface area contributed by atoms with E-state index in [-0.39, 0.29) is 5.91 Å². The van der Waals surface area contributed by atoms with E-state index in [0.29, 0.717) is 12.8 Å². The van der Waals surface area contributed by atoms with E-state index in [9.17, 15) is 24.6 Å². The molecule has 0 spiro atoms. The normalized spacial score (nSPS) is 12.8. The van der Waals surface area contributed by atoms with Crippen LogP contribution in [0, 0.1) is 0 Å². The maximum Gasteiger partial charge on any atom is 0.328 e. The molecule has 258 valence electrons. The highest BCUT2D eigenvalue weighted by Gasteiger charge is 2.25. The second-order valence-electron chi connectivity index (χ2n) is 12.7. The van der Waals surface area contributed by atoms with E-state index >= 15 is 0 Å². The van der Waals surface area contributed by atoms with Crippen LogP contribution in [0.4, 0.5) is 0 Å². The van der Waals surface area contributed by atoms with Crippen LogP contribution in [0.1, 0.15) is 187 Å². The van der Waals surface area contributed by atoms with Crippen molar-refractivity contribution in [3.05, 3.63) is 12.2 Å². The molecule has 2 atom stereocenters. The Bertz CT molecular complexity index is 712. The molecular formula is C37H70N2O5.